The van der Waals surface area contributed by atoms with E-state index in [9.17, 15) is 14.7 Å². The van der Waals surface area contributed by atoms with E-state index < -0.39 is 6.10 Å². The highest BCUT2D eigenvalue weighted by Gasteiger charge is 2.47. The lowest BCUT2D eigenvalue weighted by Crippen LogP contribution is -2.39. The molecule has 1 saturated heterocycles. The number of imide groups is 1. The van der Waals surface area contributed by atoms with Crippen LogP contribution in [0.2, 0.25) is 5.02 Å². The van der Waals surface area contributed by atoms with Crippen LogP contribution in [0.15, 0.2) is 36.4 Å². The van der Waals surface area contributed by atoms with Crippen molar-refractivity contribution in [3.8, 4) is 0 Å². The van der Waals surface area contributed by atoms with E-state index in [2.05, 4.69) is 0 Å². The van der Waals surface area contributed by atoms with Gasteiger partial charge >= 0.3 is 0 Å². The van der Waals surface area contributed by atoms with Crippen LogP contribution in [0.25, 0.3) is 0 Å². The van der Waals surface area contributed by atoms with Crippen LogP contribution in [0.1, 0.15) is 18.4 Å². The molecule has 0 spiro atoms. The van der Waals surface area contributed by atoms with Crippen LogP contribution in [-0.4, -0.2) is 41.1 Å². The number of allylic oxidation sites excluding steroid dienone is 2. The van der Waals surface area contributed by atoms with Crippen LogP contribution in [0.3, 0.4) is 0 Å². The molecule has 0 bridgehead atoms. The second kappa shape index (κ2) is 7.47. The van der Waals surface area contributed by atoms with E-state index in [4.69, 9.17) is 16.3 Å². The quantitative estimate of drug-likeness (QED) is 0.631. The standard InChI is InChI=1S/C18H20ClNO4/c19-16-8-4-1-5-12(16)10-24-11-13(21)9-20-17(22)14-6-2-3-7-15(14)18(20)23/h1-5,8,13-15,21H,6-7,9-11H2/t13-,14-,15+/m1/s1. The summed E-state index contributed by atoms with van der Waals surface area (Å²) in [5.74, 6) is -0.892. The maximum Gasteiger partial charge on any atom is 0.233 e. The first-order chi connectivity index (χ1) is 11.6. The molecule has 1 N–H and O–H groups in total. The number of amides is 2. The van der Waals surface area contributed by atoms with Crippen molar-refractivity contribution in [3.05, 3.63) is 47.0 Å². The molecule has 5 nitrogen and oxygen atoms in total. The number of rotatable bonds is 6. The molecule has 2 aliphatic rings. The second-order valence-corrected chi connectivity index (χ2v) is 6.61. The fourth-order valence-electron chi connectivity index (χ4n) is 3.23. The fourth-order valence-corrected chi connectivity index (χ4v) is 3.42. The summed E-state index contributed by atoms with van der Waals surface area (Å²) in [5.41, 5.74) is 0.830. The zero-order valence-corrected chi connectivity index (χ0v) is 14.0. The summed E-state index contributed by atoms with van der Waals surface area (Å²) in [4.78, 5) is 25.8. The zero-order chi connectivity index (χ0) is 17.1. The van der Waals surface area contributed by atoms with E-state index >= 15 is 0 Å². The summed E-state index contributed by atoms with van der Waals surface area (Å²) in [5, 5.41) is 10.7. The Bertz CT molecular complexity index is 634. The topological polar surface area (TPSA) is 66.8 Å². The summed E-state index contributed by atoms with van der Waals surface area (Å²) in [6.07, 6.45) is 4.18. The van der Waals surface area contributed by atoms with Gasteiger partial charge < -0.3 is 9.84 Å². The predicted molar refractivity (Wildman–Crippen MR) is 89.2 cm³/mol. The lowest BCUT2D eigenvalue weighted by molar-refractivity contribution is -0.142. The van der Waals surface area contributed by atoms with Crippen LogP contribution < -0.4 is 0 Å². The van der Waals surface area contributed by atoms with Gasteiger partial charge in [-0.05, 0) is 24.5 Å². The molecule has 1 aliphatic heterocycles. The number of carbonyl (C=O) groups excluding carboxylic acids is 2. The van der Waals surface area contributed by atoms with E-state index in [1.165, 1.54) is 4.90 Å². The molecular formula is C18H20ClNO4. The normalized spacial score (nSPS) is 24.3. The number of aliphatic hydroxyl groups excluding tert-OH is 1. The first-order valence-electron chi connectivity index (χ1n) is 8.07. The van der Waals surface area contributed by atoms with E-state index in [-0.39, 0.29) is 43.4 Å². The van der Waals surface area contributed by atoms with E-state index in [1.54, 1.807) is 6.07 Å². The third kappa shape index (κ3) is 3.53. The molecule has 24 heavy (non-hydrogen) atoms. The summed E-state index contributed by atoms with van der Waals surface area (Å²) >= 11 is 6.04. The minimum absolute atomic E-state index is 0.0206. The monoisotopic (exact) mass is 349 g/mol. The Kier molecular flexibility index (Phi) is 5.33. The molecule has 0 saturated carbocycles. The van der Waals surface area contributed by atoms with Crippen molar-refractivity contribution < 1.29 is 19.4 Å². The Morgan fingerprint density at radius 3 is 2.42 bits per heavy atom. The van der Waals surface area contributed by atoms with Crippen LogP contribution in [-0.2, 0) is 20.9 Å². The van der Waals surface area contributed by atoms with E-state index in [0.717, 1.165) is 5.56 Å². The molecule has 3 atom stereocenters. The first-order valence-corrected chi connectivity index (χ1v) is 8.45. The maximum absolute atomic E-state index is 12.3. The van der Waals surface area contributed by atoms with Gasteiger partial charge in [0.25, 0.3) is 0 Å². The van der Waals surface area contributed by atoms with Gasteiger partial charge in [0, 0.05) is 5.02 Å². The molecular weight excluding hydrogens is 330 g/mol. The smallest absolute Gasteiger partial charge is 0.233 e. The number of hydrogen-bond acceptors (Lipinski definition) is 4. The van der Waals surface area contributed by atoms with Gasteiger partial charge in [0.15, 0.2) is 0 Å². The summed E-state index contributed by atoms with van der Waals surface area (Å²) < 4.78 is 5.47. The Morgan fingerprint density at radius 2 is 1.79 bits per heavy atom. The summed E-state index contributed by atoms with van der Waals surface area (Å²) in [7, 11) is 0. The minimum atomic E-state index is -0.909. The van der Waals surface area contributed by atoms with Gasteiger partial charge in [0.2, 0.25) is 11.8 Å². The van der Waals surface area contributed by atoms with Crippen molar-refractivity contribution in [3.63, 3.8) is 0 Å². The van der Waals surface area contributed by atoms with E-state index in [0.29, 0.717) is 17.9 Å². The van der Waals surface area contributed by atoms with Crippen molar-refractivity contribution in [1.29, 1.82) is 0 Å². The van der Waals surface area contributed by atoms with E-state index in [1.807, 2.05) is 30.4 Å². The lowest BCUT2D eigenvalue weighted by atomic mass is 9.85. The SMILES string of the molecule is O=C1[C@H]2CC=CC[C@H]2C(=O)N1C[C@@H](O)COCc1ccccc1Cl. The van der Waals surface area contributed by atoms with Crippen LogP contribution in [0, 0.1) is 11.8 Å². The highest BCUT2D eigenvalue weighted by Crippen LogP contribution is 2.35. The fraction of sp³-hybridized carbons (Fsp3) is 0.444. The molecule has 3 rings (SSSR count). The Balaban J connectivity index is 1.50. The van der Waals surface area contributed by atoms with Gasteiger partial charge in [-0.15, -0.1) is 0 Å². The Hall–Kier alpha value is -1.69. The largest absolute Gasteiger partial charge is 0.389 e. The average molecular weight is 350 g/mol. The number of ether oxygens (including phenoxy) is 1. The first kappa shape index (κ1) is 17.1. The van der Waals surface area contributed by atoms with Crippen LogP contribution >= 0.6 is 11.6 Å². The minimum Gasteiger partial charge on any atom is -0.389 e. The molecule has 0 aromatic heterocycles. The number of benzene rings is 1. The molecule has 1 fully saturated rings. The molecule has 6 heteroatoms. The number of β-amino-alcohol motifs (C(OH)–C–C–N with tert-alkyl or cyclic N) is 1. The number of carbonyl (C=O) groups is 2. The van der Waals surface area contributed by atoms with Gasteiger partial charge in [-0.25, -0.2) is 0 Å². The van der Waals surface area contributed by atoms with Crippen molar-refractivity contribution in [2.75, 3.05) is 13.2 Å². The predicted octanol–water partition coefficient (Wildman–Crippen LogP) is 2.17. The van der Waals surface area contributed by atoms with Gasteiger partial charge in [0.1, 0.15) is 0 Å². The maximum atomic E-state index is 12.3. The van der Waals surface area contributed by atoms with Gasteiger partial charge in [0.05, 0.1) is 37.7 Å². The number of fused-ring (bicyclic) bond motifs is 1. The number of nitrogens with zero attached hydrogens (tertiary/aromatic N) is 1. The van der Waals surface area contributed by atoms with Crippen molar-refractivity contribution in [1.82, 2.24) is 4.90 Å². The molecule has 1 aromatic carbocycles. The average Bonchev–Trinajstić information content (AvgIpc) is 2.82. The number of likely N-dealkylation sites (tertiary alicyclic amines) is 1. The third-order valence-corrected chi connectivity index (χ3v) is 4.89. The van der Waals surface area contributed by atoms with Gasteiger partial charge in [-0.2, -0.15) is 0 Å². The molecule has 1 aliphatic carbocycles. The Labute approximate surface area is 145 Å². The molecule has 0 radical (unpaired) electrons. The number of halogens is 1. The Morgan fingerprint density at radius 1 is 1.17 bits per heavy atom. The third-order valence-electron chi connectivity index (χ3n) is 4.52. The van der Waals surface area contributed by atoms with Crippen molar-refractivity contribution in [2.45, 2.75) is 25.6 Å². The molecule has 1 heterocycles. The highest BCUT2D eigenvalue weighted by atomic mass is 35.5. The summed E-state index contributed by atoms with van der Waals surface area (Å²) in [6, 6.07) is 7.31. The van der Waals surface area contributed by atoms with Crippen LogP contribution in [0.5, 0.6) is 0 Å². The summed E-state index contributed by atoms with van der Waals surface area (Å²) in [6.45, 7) is 0.289. The molecule has 0 unspecified atom stereocenters. The highest BCUT2D eigenvalue weighted by molar-refractivity contribution is 6.31. The van der Waals surface area contributed by atoms with Crippen molar-refractivity contribution >= 4 is 23.4 Å². The molecule has 128 valence electrons. The van der Waals surface area contributed by atoms with Crippen molar-refractivity contribution in [2.24, 2.45) is 11.8 Å². The van der Waals surface area contributed by atoms with Gasteiger partial charge in [-0.3, -0.25) is 14.5 Å². The van der Waals surface area contributed by atoms with Gasteiger partial charge in [-0.1, -0.05) is 42.0 Å². The van der Waals surface area contributed by atoms with Crippen LogP contribution in [0.4, 0.5) is 0 Å². The lowest BCUT2D eigenvalue weighted by Gasteiger charge is -2.19. The number of aliphatic hydroxyl groups is 1. The zero-order valence-electron chi connectivity index (χ0n) is 13.2. The second-order valence-electron chi connectivity index (χ2n) is 6.20. The molecule has 2 amide bonds. The number of hydrogen-bond donors (Lipinski definition) is 1. The molecule has 1 aromatic rings.